The second kappa shape index (κ2) is 12.7. The van der Waals surface area contributed by atoms with Gasteiger partial charge in [-0.25, -0.2) is 4.98 Å². The normalized spacial score (nSPS) is 26.7. The van der Waals surface area contributed by atoms with Crippen LogP contribution < -0.4 is 10.3 Å². The van der Waals surface area contributed by atoms with Crippen molar-refractivity contribution >= 4 is 74.3 Å². The standard InChI is InChI=1S/C38H26BrCl2F3N4O5/c39-21-6-10-23(11-7-21)47-33(50)26-13-12-25-27(30(26)35(47)52)16-28-34(51)48(46-32-29(41)15-20(17-45-32)38(42,43)44)36(53)37(28,19-4-8-22(40)9-5-19)31(25)18-2-1-3-24(49)14-18/h1-12,14-15,17,26-28,30-31,49H,13,16H2,(H,45,46)/t26-,27+,28-,30-,31-,37+/m0/s1. The first-order valence-corrected chi connectivity index (χ1v) is 18.0. The van der Waals surface area contributed by atoms with Crippen molar-refractivity contribution in [2.45, 2.75) is 30.4 Å². The molecule has 4 aromatic rings. The molecule has 0 radical (unpaired) electrons. The molecule has 4 amide bonds. The molecule has 3 fully saturated rings. The lowest BCUT2D eigenvalue weighted by molar-refractivity contribution is -0.139. The Labute approximate surface area is 318 Å². The minimum Gasteiger partial charge on any atom is -0.508 e. The first kappa shape index (κ1) is 35.3. The molecule has 1 saturated carbocycles. The monoisotopic (exact) mass is 824 g/mol. The number of hydrogen-bond acceptors (Lipinski definition) is 7. The highest BCUT2D eigenvalue weighted by Crippen LogP contribution is 2.64. The van der Waals surface area contributed by atoms with Gasteiger partial charge >= 0.3 is 6.18 Å². The van der Waals surface area contributed by atoms with E-state index < -0.39 is 69.5 Å². The summed E-state index contributed by atoms with van der Waals surface area (Å²) >= 11 is 15.9. The van der Waals surface area contributed by atoms with Gasteiger partial charge in [0.25, 0.3) is 11.8 Å². The smallest absolute Gasteiger partial charge is 0.417 e. The molecule has 1 aromatic heterocycles. The van der Waals surface area contributed by atoms with Gasteiger partial charge in [-0.05, 0) is 84.5 Å². The van der Waals surface area contributed by atoms with E-state index in [-0.39, 0.29) is 30.3 Å². The number of anilines is 2. The van der Waals surface area contributed by atoms with Gasteiger partial charge in [0, 0.05) is 21.6 Å². The van der Waals surface area contributed by atoms with Gasteiger partial charge in [-0.3, -0.25) is 29.5 Å². The van der Waals surface area contributed by atoms with Crippen molar-refractivity contribution in [2.24, 2.45) is 23.7 Å². The molecule has 9 nitrogen and oxygen atoms in total. The molecule has 0 bridgehead atoms. The number of alkyl halides is 3. The Morgan fingerprint density at radius 2 is 1.62 bits per heavy atom. The number of nitrogens with zero attached hydrogens (tertiary/aromatic N) is 3. The van der Waals surface area contributed by atoms with Crippen LogP contribution in [-0.2, 0) is 30.8 Å². The zero-order valence-corrected chi connectivity index (χ0v) is 30.2. The molecule has 8 rings (SSSR count). The Balaban J connectivity index is 1.30. The van der Waals surface area contributed by atoms with Crippen LogP contribution in [0.2, 0.25) is 10.0 Å². The minimum atomic E-state index is -4.75. The molecular formula is C38H26BrCl2F3N4O5. The van der Waals surface area contributed by atoms with Crippen molar-refractivity contribution in [2.75, 3.05) is 10.3 Å². The van der Waals surface area contributed by atoms with Crippen LogP contribution >= 0.6 is 39.1 Å². The van der Waals surface area contributed by atoms with Crippen molar-refractivity contribution in [1.29, 1.82) is 0 Å². The summed E-state index contributed by atoms with van der Waals surface area (Å²) in [6.45, 7) is 0. The molecule has 53 heavy (non-hydrogen) atoms. The summed E-state index contributed by atoms with van der Waals surface area (Å²) in [4.78, 5) is 63.2. The van der Waals surface area contributed by atoms with Crippen molar-refractivity contribution in [3.05, 3.63) is 128 Å². The highest BCUT2D eigenvalue weighted by Gasteiger charge is 2.70. The van der Waals surface area contributed by atoms with Crippen LogP contribution in [0.1, 0.15) is 35.4 Å². The summed E-state index contributed by atoms with van der Waals surface area (Å²) in [6, 6.07) is 20.1. The third-order valence-electron chi connectivity index (χ3n) is 10.8. The molecule has 3 heterocycles. The summed E-state index contributed by atoms with van der Waals surface area (Å²) in [5.74, 6) is -7.19. The third-order valence-corrected chi connectivity index (χ3v) is 11.9. The number of aromatic hydroxyl groups is 1. The summed E-state index contributed by atoms with van der Waals surface area (Å²) in [7, 11) is 0. The molecular weight excluding hydrogens is 800 g/mol. The summed E-state index contributed by atoms with van der Waals surface area (Å²) in [5.41, 5.74) is 1.69. The van der Waals surface area contributed by atoms with E-state index >= 15 is 4.79 Å². The topological polar surface area (TPSA) is 120 Å². The van der Waals surface area contributed by atoms with E-state index in [9.17, 15) is 32.7 Å². The summed E-state index contributed by atoms with van der Waals surface area (Å²) in [6.07, 6.45) is -2.19. The number of halogens is 6. The van der Waals surface area contributed by atoms with E-state index in [1.807, 2.05) is 6.08 Å². The highest BCUT2D eigenvalue weighted by molar-refractivity contribution is 9.10. The Kier molecular flexibility index (Phi) is 8.47. The van der Waals surface area contributed by atoms with Gasteiger partial charge in [-0.15, -0.1) is 0 Å². The molecule has 15 heteroatoms. The first-order valence-electron chi connectivity index (χ1n) is 16.5. The largest absolute Gasteiger partial charge is 0.508 e. The number of amides is 4. The number of benzene rings is 3. The average Bonchev–Trinajstić information content (AvgIpc) is 3.50. The Hall–Kier alpha value is -4.72. The lowest BCUT2D eigenvalue weighted by atomic mass is 9.49. The Morgan fingerprint density at radius 3 is 2.28 bits per heavy atom. The number of pyridine rings is 1. The quantitative estimate of drug-likeness (QED) is 0.154. The van der Waals surface area contributed by atoms with Crippen molar-refractivity contribution < 1.29 is 37.5 Å². The van der Waals surface area contributed by atoms with E-state index in [0.29, 0.717) is 39.7 Å². The van der Waals surface area contributed by atoms with Crippen LogP contribution in [0, 0.1) is 23.7 Å². The van der Waals surface area contributed by atoms with Gasteiger partial charge in [0.2, 0.25) is 11.8 Å². The second-order valence-corrected chi connectivity index (χ2v) is 15.3. The van der Waals surface area contributed by atoms with Crippen LogP contribution in [-0.4, -0.2) is 38.7 Å². The van der Waals surface area contributed by atoms with E-state index in [2.05, 4.69) is 26.3 Å². The van der Waals surface area contributed by atoms with Crippen molar-refractivity contribution in [1.82, 2.24) is 9.99 Å². The van der Waals surface area contributed by atoms with Crippen molar-refractivity contribution in [3.8, 4) is 5.75 Å². The predicted molar refractivity (Wildman–Crippen MR) is 192 cm³/mol. The molecule has 270 valence electrons. The first-order chi connectivity index (χ1) is 25.2. The Morgan fingerprint density at radius 1 is 0.906 bits per heavy atom. The maximum absolute atomic E-state index is 15.2. The number of hydrogen-bond donors (Lipinski definition) is 2. The number of rotatable bonds is 5. The minimum absolute atomic E-state index is 0.0327. The third kappa shape index (κ3) is 5.46. The maximum Gasteiger partial charge on any atom is 0.417 e. The molecule has 6 atom stereocenters. The lowest BCUT2D eigenvalue weighted by Gasteiger charge is -2.50. The second-order valence-electron chi connectivity index (χ2n) is 13.5. The number of carbonyl (C=O) groups excluding carboxylic acids is 4. The van der Waals surface area contributed by atoms with Gasteiger partial charge < -0.3 is 5.11 Å². The molecule has 3 aromatic carbocycles. The molecule has 2 saturated heterocycles. The number of phenols is 1. The molecule has 2 aliphatic heterocycles. The van der Waals surface area contributed by atoms with Gasteiger partial charge in [0.05, 0.1) is 39.4 Å². The zero-order chi connectivity index (χ0) is 37.6. The molecule has 4 aliphatic rings. The van der Waals surface area contributed by atoms with E-state index in [4.69, 9.17) is 23.2 Å². The Bertz CT molecular complexity index is 2250. The van der Waals surface area contributed by atoms with Gasteiger partial charge in [0.15, 0.2) is 5.82 Å². The predicted octanol–water partition coefficient (Wildman–Crippen LogP) is 8.06. The summed E-state index contributed by atoms with van der Waals surface area (Å²) < 4.78 is 41.1. The molecule has 2 N–H and O–H groups in total. The van der Waals surface area contributed by atoms with E-state index in [1.165, 1.54) is 17.0 Å². The van der Waals surface area contributed by atoms with Gasteiger partial charge in [-0.1, -0.05) is 75.0 Å². The lowest BCUT2D eigenvalue weighted by Crippen LogP contribution is -2.53. The van der Waals surface area contributed by atoms with Crippen LogP contribution in [0.4, 0.5) is 24.7 Å². The van der Waals surface area contributed by atoms with Crippen molar-refractivity contribution in [3.63, 3.8) is 0 Å². The number of nitrogens with one attached hydrogen (secondary N) is 1. The molecule has 2 aliphatic carbocycles. The molecule has 0 unspecified atom stereocenters. The highest BCUT2D eigenvalue weighted by atomic mass is 79.9. The SMILES string of the molecule is O=C1[C@@H]2C[C@@H]3C(=CC[C@@H]4C(=O)N(c5ccc(Br)cc5)C(=O)[C@@H]43)[C@H](c3cccc(O)c3)[C@]2(c2ccc(Cl)cc2)C(=O)N1Nc1ncc(C(F)(F)F)cc1Cl. The number of carbonyl (C=O) groups is 4. The van der Waals surface area contributed by atoms with Gasteiger partial charge in [-0.2, -0.15) is 18.2 Å². The number of phenolic OH excluding ortho intramolecular Hbond substituents is 1. The fourth-order valence-corrected chi connectivity index (χ4v) is 9.31. The van der Waals surface area contributed by atoms with Crippen LogP contribution in [0.5, 0.6) is 5.75 Å². The average molecular weight is 826 g/mol. The van der Waals surface area contributed by atoms with Crippen LogP contribution in [0.25, 0.3) is 0 Å². The van der Waals surface area contributed by atoms with Crippen LogP contribution in [0.3, 0.4) is 0 Å². The van der Waals surface area contributed by atoms with Gasteiger partial charge in [0.1, 0.15) is 5.75 Å². The number of aromatic nitrogens is 1. The van der Waals surface area contributed by atoms with Crippen LogP contribution in [0.15, 0.2) is 101 Å². The van der Waals surface area contributed by atoms with E-state index in [1.54, 1.807) is 60.7 Å². The number of imide groups is 2. The molecule has 0 spiro atoms. The fraction of sp³-hybridized carbons (Fsp3) is 0.237. The zero-order valence-electron chi connectivity index (χ0n) is 27.2. The number of allylic oxidation sites excluding steroid dienone is 2. The number of fused-ring (bicyclic) bond motifs is 4. The summed E-state index contributed by atoms with van der Waals surface area (Å²) in [5, 5.41) is 11.3. The maximum atomic E-state index is 15.2. The fourth-order valence-electron chi connectivity index (χ4n) is 8.71. The number of hydrazine groups is 1. The van der Waals surface area contributed by atoms with E-state index in [0.717, 1.165) is 9.48 Å².